The molecule has 0 bridgehead atoms. The first-order valence-electron chi connectivity index (χ1n) is 12.5. The normalized spacial score (nSPS) is 17.1. The van der Waals surface area contributed by atoms with Gasteiger partial charge in [-0.25, -0.2) is 0 Å². The van der Waals surface area contributed by atoms with Crippen molar-refractivity contribution in [3.8, 4) is 22.6 Å². The van der Waals surface area contributed by atoms with Gasteiger partial charge in [0.1, 0.15) is 0 Å². The highest BCUT2D eigenvalue weighted by molar-refractivity contribution is 6.07. The van der Waals surface area contributed by atoms with E-state index in [1.54, 1.807) is 4.90 Å². The van der Waals surface area contributed by atoms with Gasteiger partial charge in [-0.2, -0.15) is 0 Å². The van der Waals surface area contributed by atoms with Crippen LogP contribution >= 0.6 is 0 Å². The average molecular weight is 466 g/mol. The largest absolute Gasteiger partial charge is 0.421 e. The number of carbonyl (C=O) groups is 1. The summed E-state index contributed by atoms with van der Waals surface area (Å²) in [4.78, 5) is 15.4. The fraction of sp³-hybridized carbons (Fsp3) is 0.300. The molecule has 1 aliphatic rings. The number of carbonyl (C=O) groups excluding carboxylic acids is 1. The highest BCUT2D eigenvalue weighted by atomic mass is 16.4. The minimum Gasteiger partial charge on any atom is -0.421 e. The van der Waals surface area contributed by atoms with Gasteiger partial charge < -0.3 is 9.32 Å². The first kappa shape index (κ1) is 23.0. The topological polar surface area (TPSA) is 59.2 Å². The summed E-state index contributed by atoms with van der Waals surface area (Å²) in [6, 6.07) is 26.5. The summed E-state index contributed by atoms with van der Waals surface area (Å²) in [5, 5.41) is 8.70. The Labute approximate surface area is 206 Å². The number of rotatable bonds is 9. The van der Waals surface area contributed by atoms with Crippen LogP contribution in [0.15, 0.2) is 83.3 Å². The van der Waals surface area contributed by atoms with Crippen LogP contribution < -0.4 is 4.90 Å². The molecule has 0 unspecified atom stereocenters. The van der Waals surface area contributed by atoms with Gasteiger partial charge in [-0.15, -0.1) is 10.2 Å². The van der Waals surface area contributed by atoms with Crippen molar-refractivity contribution in [1.29, 1.82) is 0 Å². The van der Waals surface area contributed by atoms with Crippen LogP contribution in [-0.4, -0.2) is 23.2 Å². The van der Waals surface area contributed by atoms with Gasteiger partial charge in [0.2, 0.25) is 17.7 Å². The van der Waals surface area contributed by atoms with Crippen LogP contribution in [0.4, 0.5) is 5.69 Å². The Morgan fingerprint density at radius 1 is 0.800 bits per heavy atom. The van der Waals surface area contributed by atoms with Crippen molar-refractivity contribution >= 4 is 11.6 Å². The van der Waals surface area contributed by atoms with Crippen molar-refractivity contribution in [1.82, 2.24) is 10.2 Å². The van der Waals surface area contributed by atoms with Crippen LogP contribution in [0.5, 0.6) is 0 Å². The number of fused-ring (bicyclic) bond motifs is 1. The molecule has 1 aromatic heterocycles. The summed E-state index contributed by atoms with van der Waals surface area (Å²) in [5.74, 6) is 1.09. The van der Waals surface area contributed by atoms with Gasteiger partial charge in [0.05, 0.1) is 5.41 Å². The Kier molecular flexibility index (Phi) is 6.49. The Balaban J connectivity index is 1.42. The molecule has 1 aliphatic heterocycles. The molecule has 35 heavy (non-hydrogen) atoms. The first-order chi connectivity index (χ1) is 17.1. The zero-order chi connectivity index (χ0) is 24.3. The van der Waals surface area contributed by atoms with Gasteiger partial charge in [0.25, 0.3) is 0 Å². The van der Waals surface area contributed by atoms with E-state index in [1.807, 2.05) is 55.6 Å². The smallest absolute Gasteiger partial charge is 0.247 e. The Hall–Kier alpha value is -3.73. The third-order valence-electron chi connectivity index (χ3n) is 7.11. The van der Waals surface area contributed by atoms with Crippen LogP contribution in [0.2, 0.25) is 0 Å². The second kappa shape index (κ2) is 9.87. The Morgan fingerprint density at radius 3 is 2.26 bits per heavy atom. The van der Waals surface area contributed by atoms with E-state index < -0.39 is 5.41 Å². The van der Waals surface area contributed by atoms with Gasteiger partial charge in [0.15, 0.2) is 0 Å². The van der Waals surface area contributed by atoms with E-state index in [2.05, 4.69) is 47.5 Å². The average Bonchev–Trinajstić information content (AvgIpc) is 3.45. The maximum Gasteiger partial charge on any atom is 0.247 e. The lowest BCUT2D eigenvalue weighted by Crippen LogP contribution is -2.40. The van der Waals surface area contributed by atoms with E-state index >= 15 is 0 Å². The third-order valence-corrected chi connectivity index (χ3v) is 7.11. The molecule has 1 amide bonds. The minimum atomic E-state index is -0.667. The maximum absolute atomic E-state index is 13.6. The summed E-state index contributed by atoms with van der Waals surface area (Å²) in [6.45, 7) is 2.20. The second-order valence-electron chi connectivity index (χ2n) is 9.40. The molecule has 3 aromatic carbocycles. The molecule has 0 saturated heterocycles. The van der Waals surface area contributed by atoms with Crippen molar-refractivity contribution in [3.63, 3.8) is 0 Å². The zero-order valence-electron chi connectivity index (χ0n) is 20.4. The highest BCUT2D eigenvalue weighted by Crippen LogP contribution is 2.46. The number of hydrogen-bond donors (Lipinski definition) is 0. The fourth-order valence-corrected chi connectivity index (χ4v) is 5.21. The Morgan fingerprint density at radius 2 is 1.49 bits per heavy atom. The molecule has 5 heteroatoms. The number of hydrogen-bond acceptors (Lipinski definition) is 4. The fourth-order valence-electron chi connectivity index (χ4n) is 5.21. The van der Waals surface area contributed by atoms with Gasteiger partial charge in [-0.05, 0) is 41.3 Å². The molecular formula is C30H31N3O2. The molecule has 2 heterocycles. The summed E-state index contributed by atoms with van der Waals surface area (Å²) >= 11 is 0. The van der Waals surface area contributed by atoms with Crippen molar-refractivity contribution in [3.05, 3.63) is 90.3 Å². The number of likely N-dealkylation sites (N-methyl/N-ethyl adjacent to an activating group) is 1. The molecule has 178 valence electrons. The molecule has 0 radical (unpaired) electrons. The molecule has 0 N–H and O–H groups in total. The summed E-state index contributed by atoms with van der Waals surface area (Å²) in [7, 11) is 1.86. The summed E-state index contributed by atoms with van der Waals surface area (Å²) in [5.41, 5.74) is 4.55. The zero-order valence-corrected chi connectivity index (χ0v) is 20.4. The lowest BCUT2D eigenvalue weighted by Gasteiger charge is -2.27. The number of nitrogens with zero attached hydrogens (tertiary/aromatic N) is 3. The summed E-state index contributed by atoms with van der Waals surface area (Å²) < 4.78 is 6.14. The van der Waals surface area contributed by atoms with Gasteiger partial charge in [-0.1, -0.05) is 93.3 Å². The van der Waals surface area contributed by atoms with E-state index in [4.69, 9.17) is 4.42 Å². The van der Waals surface area contributed by atoms with E-state index in [9.17, 15) is 4.79 Å². The Bertz CT molecular complexity index is 1300. The van der Waals surface area contributed by atoms with Crippen LogP contribution in [0, 0.1) is 0 Å². The van der Waals surface area contributed by atoms with Gasteiger partial charge in [-0.3, -0.25) is 4.79 Å². The number of aromatic nitrogens is 2. The van der Waals surface area contributed by atoms with Crippen molar-refractivity contribution in [2.24, 2.45) is 0 Å². The van der Waals surface area contributed by atoms with Crippen molar-refractivity contribution < 1.29 is 9.21 Å². The quantitative estimate of drug-likeness (QED) is 0.254. The van der Waals surface area contributed by atoms with Crippen LogP contribution in [-0.2, 0) is 16.6 Å². The number of anilines is 1. The van der Waals surface area contributed by atoms with E-state index in [0.717, 1.165) is 53.6 Å². The number of para-hydroxylation sites is 1. The van der Waals surface area contributed by atoms with E-state index in [0.29, 0.717) is 18.2 Å². The number of amides is 1. The standard InChI is InChI=1S/C30H31N3O2/c1-3-4-5-11-20-30(25-14-9-10-15-26(25)33(2)29(30)34)21-27-31-32-28(35-27)24-18-16-23(17-19-24)22-12-7-6-8-13-22/h6-10,12-19H,3-5,11,20-21H2,1-2H3/t30-/m1/s1. The molecule has 0 saturated carbocycles. The molecule has 4 aromatic rings. The van der Waals surface area contributed by atoms with Gasteiger partial charge >= 0.3 is 0 Å². The SMILES string of the molecule is CCCCCC[C@]1(Cc2nnc(-c3ccc(-c4ccccc4)cc3)o2)C(=O)N(C)c2ccccc21. The molecule has 5 rings (SSSR count). The molecule has 0 fully saturated rings. The molecular weight excluding hydrogens is 434 g/mol. The lowest BCUT2D eigenvalue weighted by atomic mass is 9.74. The van der Waals surface area contributed by atoms with Crippen molar-refractivity contribution in [2.45, 2.75) is 50.9 Å². The van der Waals surface area contributed by atoms with Crippen LogP contribution in [0.3, 0.4) is 0 Å². The number of unbranched alkanes of at least 4 members (excludes halogenated alkanes) is 3. The highest BCUT2D eigenvalue weighted by Gasteiger charge is 2.50. The lowest BCUT2D eigenvalue weighted by molar-refractivity contribution is -0.123. The monoisotopic (exact) mass is 465 g/mol. The van der Waals surface area contributed by atoms with Crippen LogP contribution in [0.25, 0.3) is 22.6 Å². The van der Waals surface area contributed by atoms with E-state index in [-0.39, 0.29) is 5.91 Å². The predicted molar refractivity (Wildman–Crippen MR) is 139 cm³/mol. The molecule has 0 spiro atoms. The van der Waals surface area contributed by atoms with Crippen molar-refractivity contribution in [2.75, 3.05) is 11.9 Å². The number of benzene rings is 3. The molecule has 0 aliphatic carbocycles. The maximum atomic E-state index is 13.6. The van der Waals surface area contributed by atoms with Crippen LogP contribution in [0.1, 0.15) is 50.5 Å². The molecule has 5 nitrogen and oxygen atoms in total. The van der Waals surface area contributed by atoms with E-state index in [1.165, 1.54) is 6.42 Å². The first-order valence-corrected chi connectivity index (χ1v) is 12.5. The third kappa shape index (κ3) is 4.39. The summed E-state index contributed by atoms with van der Waals surface area (Å²) in [6.07, 6.45) is 5.62. The predicted octanol–water partition coefficient (Wildman–Crippen LogP) is 6.83. The molecule has 1 atom stereocenters. The van der Waals surface area contributed by atoms with Gasteiger partial charge in [0, 0.05) is 24.7 Å². The minimum absolute atomic E-state index is 0.113. The second-order valence-corrected chi connectivity index (χ2v) is 9.40.